The summed E-state index contributed by atoms with van der Waals surface area (Å²) in [6, 6.07) is 7.75. The van der Waals surface area contributed by atoms with Crippen LogP contribution in [0, 0.1) is 0 Å². The van der Waals surface area contributed by atoms with E-state index in [1.807, 2.05) is 24.3 Å². The third-order valence-corrected chi connectivity index (χ3v) is 1.70. The Morgan fingerprint density at radius 3 is 2.27 bits per heavy atom. The minimum absolute atomic E-state index is 0.132. The van der Waals surface area contributed by atoms with Gasteiger partial charge in [-0.1, -0.05) is 37.8 Å². The van der Waals surface area contributed by atoms with E-state index in [1.165, 1.54) is 5.56 Å². The van der Waals surface area contributed by atoms with Gasteiger partial charge >= 0.3 is 0 Å². The topological polar surface area (TPSA) is 20.2 Å². The largest absolute Gasteiger partial charge is 0.508 e. The molecular weight excluding hydrogens is 136 g/mol. The molecule has 0 amide bonds. The molecule has 0 atom stereocenters. The second kappa shape index (κ2) is 3.24. The molecule has 0 spiro atoms. The van der Waals surface area contributed by atoms with Gasteiger partial charge in [-0.05, 0) is 12.0 Å². The maximum Gasteiger partial charge on any atom is 0.115 e. The first-order valence-electron chi connectivity index (χ1n) is 3.71. The van der Waals surface area contributed by atoms with E-state index in [4.69, 9.17) is 5.11 Å². The van der Waals surface area contributed by atoms with Crippen molar-refractivity contribution in [1.82, 2.24) is 0 Å². The number of aryl methyl sites for hydroxylation is 1. The van der Waals surface area contributed by atoms with Crippen LogP contribution in [0.3, 0.4) is 0 Å². The average Bonchev–Trinajstić information content (AvgIpc) is 2.05. The molecule has 58 valence electrons. The monoisotopic (exact) mass is 148 g/mol. The first kappa shape index (κ1) is 7.86. The lowest BCUT2D eigenvalue weighted by atomic mass is 10.1. The Morgan fingerprint density at radius 1 is 1.36 bits per heavy atom. The molecule has 0 radical (unpaired) electrons. The summed E-state index contributed by atoms with van der Waals surface area (Å²) in [6.07, 6.45) is 1.03. The molecule has 1 nitrogen and oxygen atoms in total. The van der Waals surface area contributed by atoms with Gasteiger partial charge in [0.1, 0.15) is 5.76 Å². The zero-order valence-electron chi connectivity index (χ0n) is 6.67. The van der Waals surface area contributed by atoms with Crippen molar-refractivity contribution in [2.45, 2.75) is 13.3 Å². The summed E-state index contributed by atoms with van der Waals surface area (Å²) in [4.78, 5) is 0. The van der Waals surface area contributed by atoms with Crippen LogP contribution in [0.4, 0.5) is 0 Å². The maximum absolute atomic E-state index is 8.99. The van der Waals surface area contributed by atoms with Crippen molar-refractivity contribution in [3.63, 3.8) is 0 Å². The van der Waals surface area contributed by atoms with Crippen LogP contribution in [0.1, 0.15) is 18.1 Å². The summed E-state index contributed by atoms with van der Waals surface area (Å²) in [5.41, 5.74) is 2.07. The molecule has 1 N–H and O–H groups in total. The van der Waals surface area contributed by atoms with E-state index in [0.717, 1.165) is 12.0 Å². The SMILES string of the molecule is C=C(O)c1ccc(CC)cc1. The highest BCUT2D eigenvalue weighted by atomic mass is 16.3. The highest BCUT2D eigenvalue weighted by Crippen LogP contribution is 2.10. The van der Waals surface area contributed by atoms with Gasteiger partial charge in [-0.2, -0.15) is 0 Å². The lowest BCUT2D eigenvalue weighted by molar-refractivity contribution is 0.514. The summed E-state index contributed by atoms with van der Waals surface area (Å²) in [5.74, 6) is 0.132. The maximum atomic E-state index is 8.99. The molecule has 1 aromatic rings. The van der Waals surface area contributed by atoms with Crippen LogP contribution in [0.5, 0.6) is 0 Å². The van der Waals surface area contributed by atoms with Gasteiger partial charge in [0, 0.05) is 5.56 Å². The van der Waals surface area contributed by atoms with E-state index >= 15 is 0 Å². The van der Waals surface area contributed by atoms with Gasteiger partial charge in [0.25, 0.3) is 0 Å². The van der Waals surface area contributed by atoms with Crippen LogP contribution < -0.4 is 0 Å². The molecule has 0 bridgehead atoms. The molecule has 0 aliphatic heterocycles. The molecule has 0 aliphatic carbocycles. The van der Waals surface area contributed by atoms with Crippen molar-refractivity contribution in [1.29, 1.82) is 0 Å². The van der Waals surface area contributed by atoms with Crippen LogP contribution in [0.2, 0.25) is 0 Å². The molecule has 0 unspecified atom stereocenters. The van der Waals surface area contributed by atoms with Crippen molar-refractivity contribution >= 4 is 5.76 Å². The number of benzene rings is 1. The molecule has 11 heavy (non-hydrogen) atoms. The van der Waals surface area contributed by atoms with E-state index in [0.29, 0.717) is 0 Å². The summed E-state index contributed by atoms with van der Waals surface area (Å²) in [6.45, 7) is 5.54. The Hall–Kier alpha value is -1.24. The fourth-order valence-corrected chi connectivity index (χ4v) is 0.933. The number of aliphatic hydroxyl groups is 1. The zero-order chi connectivity index (χ0) is 8.27. The molecule has 1 heteroatoms. The molecule has 0 aliphatic rings. The van der Waals surface area contributed by atoms with Crippen LogP contribution in [0.15, 0.2) is 30.8 Å². The predicted octanol–water partition coefficient (Wildman–Crippen LogP) is 2.78. The first-order chi connectivity index (χ1) is 5.24. The molecule has 0 fully saturated rings. The third kappa shape index (κ3) is 1.84. The fraction of sp³-hybridized carbons (Fsp3) is 0.200. The van der Waals surface area contributed by atoms with Gasteiger partial charge in [0.05, 0.1) is 0 Å². The Kier molecular flexibility index (Phi) is 2.32. The van der Waals surface area contributed by atoms with E-state index in [9.17, 15) is 0 Å². The number of hydrogen-bond donors (Lipinski definition) is 1. The van der Waals surface area contributed by atoms with Crippen molar-refractivity contribution in [3.8, 4) is 0 Å². The van der Waals surface area contributed by atoms with Gasteiger partial charge in [0.2, 0.25) is 0 Å². The smallest absolute Gasteiger partial charge is 0.115 e. The molecule has 1 rings (SSSR count). The lowest BCUT2D eigenvalue weighted by Crippen LogP contribution is -1.82. The molecular formula is C10H12O. The van der Waals surface area contributed by atoms with E-state index in [2.05, 4.69) is 13.5 Å². The Morgan fingerprint density at radius 2 is 1.91 bits per heavy atom. The van der Waals surface area contributed by atoms with Gasteiger partial charge in [0.15, 0.2) is 0 Å². The minimum Gasteiger partial charge on any atom is -0.508 e. The fourth-order valence-electron chi connectivity index (χ4n) is 0.933. The Bertz CT molecular complexity index is 246. The quantitative estimate of drug-likeness (QED) is 0.639. The minimum atomic E-state index is 0.132. The molecule has 0 heterocycles. The summed E-state index contributed by atoms with van der Waals surface area (Å²) in [5, 5.41) is 8.99. The van der Waals surface area contributed by atoms with Crippen LogP contribution in [0.25, 0.3) is 5.76 Å². The zero-order valence-corrected chi connectivity index (χ0v) is 6.67. The van der Waals surface area contributed by atoms with Crippen LogP contribution in [-0.2, 0) is 6.42 Å². The average molecular weight is 148 g/mol. The summed E-state index contributed by atoms with van der Waals surface area (Å²) in [7, 11) is 0. The molecule has 0 aromatic heterocycles. The van der Waals surface area contributed by atoms with Crippen molar-refractivity contribution < 1.29 is 5.11 Å². The molecule has 1 aromatic carbocycles. The lowest BCUT2D eigenvalue weighted by Gasteiger charge is -1.99. The van der Waals surface area contributed by atoms with Gasteiger partial charge < -0.3 is 5.11 Å². The highest BCUT2D eigenvalue weighted by Gasteiger charge is 1.93. The van der Waals surface area contributed by atoms with Crippen molar-refractivity contribution in [2.24, 2.45) is 0 Å². The van der Waals surface area contributed by atoms with E-state index < -0.39 is 0 Å². The van der Waals surface area contributed by atoms with Gasteiger partial charge in [-0.25, -0.2) is 0 Å². The summed E-state index contributed by atoms with van der Waals surface area (Å²) < 4.78 is 0. The predicted molar refractivity (Wildman–Crippen MR) is 47.5 cm³/mol. The van der Waals surface area contributed by atoms with Crippen LogP contribution in [-0.4, -0.2) is 5.11 Å². The second-order valence-electron chi connectivity index (χ2n) is 2.50. The Balaban J connectivity index is 2.91. The van der Waals surface area contributed by atoms with Gasteiger partial charge in [-0.15, -0.1) is 0 Å². The standard InChI is InChI=1S/C10H12O/c1-3-9-4-6-10(7-5-9)8(2)11/h4-7,11H,2-3H2,1H3. The normalized spacial score (nSPS) is 9.55. The molecule has 0 saturated heterocycles. The van der Waals surface area contributed by atoms with Crippen molar-refractivity contribution in [3.05, 3.63) is 42.0 Å². The van der Waals surface area contributed by atoms with E-state index in [-0.39, 0.29) is 5.76 Å². The number of aliphatic hydroxyl groups excluding tert-OH is 1. The first-order valence-corrected chi connectivity index (χ1v) is 3.71. The van der Waals surface area contributed by atoms with Crippen LogP contribution >= 0.6 is 0 Å². The second-order valence-corrected chi connectivity index (χ2v) is 2.50. The number of rotatable bonds is 2. The van der Waals surface area contributed by atoms with Gasteiger partial charge in [-0.3, -0.25) is 0 Å². The number of hydrogen-bond acceptors (Lipinski definition) is 1. The Labute approximate surface area is 67.0 Å². The highest BCUT2D eigenvalue weighted by molar-refractivity contribution is 5.55. The molecule has 0 saturated carbocycles. The van der Waals surface area contributed by atoms with Crippen molar-refractivity contribution in [2.75, 3.05) is 0 Å². The third-order valence-electron chi connectivity index (χ3n) is 1.70. The summed E-state index contributed by atoms with van der Waals surface area (Å²) >= 11 is 0. The van der Waals surface area contributed by atoms with E-state index in [1.54, 1.807) is 0 Å².